The van der Waals surface area contributed by atoms with Crippen LogP contribution in [0.3, 0.4) is 0 Å². The summed E-state index contributed by atoms with van der Waals surface area (Å²) in [6, 6.07) is 0. The molecular weight excluding hydrogens is 448 g/mol. The summed E-state index contributed by atoms with van der Waals surface area (Å²) in [6.07, 6.45) is 3.53. The second-order valence-electron chi connectivity index (χ2n) is 8.53. The van der Waals surface area contributed by atoms with Crippen molar-refractivity contribution < 1.29 is 13.2 Å². The monoisotopic (exact) mass is 472 g/mol. The number of aromatic nitrogens is 5. The van der Waals surface area contributed by atoms with Gasteiger partial charge in [0.1, 0.15) is 16.7 Å². The Morgan fingerprint density at radius 1 is 1.19 bits per heavy atom. The Balaban J connectivity index is 1.58. The molecule has 0 unspecified atom stereocenters. The Labute approximate surface area is 189 Å². The zero-order valence-corrected chi connectivity index (χ0v) is 20.0. The largest absolute Gasteiger partial charge is 0.345 e. The number of nitrogens with zero attached hydrogens (tertiary/aromatic N) is 5. The predicted molar refractivity (Wildman–Crippen MR) is 124 cm³/mol. The maximum Gasteiger partial charge on any atom is 0.282 e. The number of hydrogen-bond donors (Lipinski definition) is 1. The standard InChI is InChI=1S/C21H24N6O3S2/c1-11(2)15-16(14-9-27-18(22-10-23-27)13(4)12(14)3)24-19-17(15)25-20(31-19)21(28)26-5-7-32(29,30)8-6-26/h9-11,24H,5-8H2,1-4H3. The fourth-order valence-electron chi connectivity index (χ4n) is 4.26. The van der Waals surface area contributed by atoms with Crippen molar-refractivity contribution in [3.63, 3.8) is 0 Å². The summed E-state index contributed by atoms with van der Waals surface area (Å²) in [5.41, 5.74) is 6.88. The topological polar surface area (TPSA) is 113 Å². The summed E-state index contributed by atoms with van der Waals surface area (Å²) in [6.45, 7) is 8.76. The van der Waals surface area contributed by atoms with Gasteiger partial charge in [-0.05, 0) is 30.9 Å². The molecule has 0 radical (unpaired) electrons. The third kappa shape index (κ3) is 3.30. The molecule has 4 aromatic heterocycles. The predicted octanol–water partition coefficient (Wildman–Crippen LogP) is 2.94. The summed E-state index contributed by atoms with van der Waals surface area (Å²) >= 11 is 1.32. The van der Waals surface area contributed by atoms with Crippen LogP contribution >= 0.6 is 11.3 Å². The zero-order valence-electron chi connectivity index (χ0n) is 18.3. The number of carbonyl (C=O) groups excluding carboxylic acids is 1. The van der Waals surface area contributed by atoms with Gasteiger partial charge in [0, 0.05) is 30.4 Å². The highest BCUT2D eigenvalue weighted by Crippen LogP contribution is 2.39. The number of amides is 1. The molecule has 1 aliphatic rings. The molecule has 4 aromatic rings. The van der Waals surface area contributed by atoms with E-state index in [1.54, 1.807) is 15.7 Å². The minimum Gasteiger partial charge on any atom is -0.345 e. The van der Waals surface area contributed by atoms with Gasteiger partial charge >= 0.3 is 0 Å². The number of nitrogens with one attached hydrogen (secondary N) is 1. The van der Waals surface area contributed by atoms with Crippen LogP contribution in [-0.4, -0.2) is 68.4 Å². The number of thiazole rings is 1. The summed E-state index contributed by atoms with van der Waals surface area (Å²) in [5.74, 6) is -0.0172. The summed E-state index contributed by atoms with van der Waals surface area (Å²) in [5, 5.41) is 4.70. The average Bonchev–Trinajstić information content (AvgIpc) is 3.43. The second-order valence-corrected chi connectivity index (χ2v) is 11.8. The fourth-order valence-corrected chi connectivity index (χ4v) is 6.41. The molecule has 0 saturated carbocycles. The quantitative estimate of drug-likeness (QED) is 0.490. The first-order valence-electron chi connectivity index (χ1n) is 10.5. The van der Waals surface area contributed by atoms with Crippen molar-refractivity contribution in [1.29, 1.82) is 0 Å². The molecule has 1 saturated heterocycles. The summed E-state index contributed by atoms with van der Waals surface area (Å²) in [7, 11) is -3.05. The lowest BCUT2D eigenvalue weighted by atomic mass is 9.96. The lowest BCUT2D eigenvalue weighted by Gasteiger charge is -2.25. The molecule has 32 heavy (non-hydrogen) atoms. The first-order chi connectivity index (χ1) is 15.2. The van der Waals surface area contributed by atoms with E-state index in [2.05, 4.69) is 35.8 Å². The molecule has 168 valence electrons. The van der Waals surface area contributed by atoms with E-state index in [9.17, 15) is 13.2 Å². The number of carbonyl (C=O) groups is 1. The van der Waals surface area contributed by atoms with Crippen LogP contribution in [0.2, 0.25) is 0 Å². The van der Waals surface area contributed by atoms with Gasteiger partial charge in [-0.1, -0.05) is 25.2 Å². The molecule has 1 amide bonds. The maximum atomic E-state index is 13.0. The Kier molecular flexibility index (Phi) is 4.86. The van der Waals surface area contributed by atoms with E-state index in [0.717, 1.165) is 43.9 Å². The van der Waals surface area contributed by atoms with Crippen LogP contribution < -0.4 is 0 Å². The van der Waals surface area contributed by atoms with Crippen molar-refractivity contribution >= 4 is 43.1 Å². The van der Waals surface area contributed by atoms with Crippen molar-refractivity contribution in [2.24, 2.45) is 0 Å². The Morgan fingerprint density at radius 3 is 2.59 bits per heavy atom. The number of H-pyrrole nitrogens is 1. The van der Waals surface area contributed by atoms with E-state index in [0.29, 0.717) is 5.01 Å². The highest BCUT2D eigenvalue weighted by Gasteiger charge is 2.29. The van der Waals surface area contributed by atoms with Crippen LogP contribution in [0.4, 0.5) is 0 Å². The van der Waals surface area contributed by atoms with Gasteiger partial charge in [-0.2, -0.15) is 5.10 Å². The normalized spacial score (nSPS) is 16.5. The minimum atomic E-state index is -3.05. The van der Waals surface area contributed by atoms with Gasteiger partial charge in [0.25, 0.3) is 5.91 Å². The van der Waals surface area contributed by atoms with E-state index in [1.165, 1.54) is 11.3 Å². The van der Waals surface area contributed by atoms with E-state index in [-0.39, 0.29) is 36.4 Å². The minimum absolute atomic E-state index is 0.00671. The van der Waals surface area contributed by atoms with Gasteiger partial charge < -0.3 is 9.88 Å². The van der Waals surface area contributed by atoms with Crippen LogP contribution in [0, 0.1) is 13.8 Å². The van der Waals surface area contributed by atoms with Crippen LogP contribution in [0.5, 0.6) is 0 Å². The van der Waals surface area contributed by atoms with Crippen molar-refractivity contribution in [3.8, 4) is 11.3 Å². The third-order valence-corrected chi connectivity index (χ3v) is 8.75. The molecule has 1 aliphatic heterocycles. The van der Waals surface area contributed by atoms with Gasteiger partial charge in [0.2, 0.25) is 0 Å². The fraction of sp³-hybridized carbons (Fsp3) is 0.429. The van der Waals surface area contributed by atoms with Crippen molar-refractivity contribution in [1.82, 2.24) is 29.5 Å². The molecule has 5 heterocycles. The van der Waals surface area contributed by atoms with Crippen LogP contribution in [0.1, 0.15) is 46.3 Å². The van der Waals surface area contributed by atoms with Gasteiger partial charge in [-0.3, -0.25) is 4.79 Å². The first kappa shape index (κ1) is 21.1. The number of hydrogen-bond acceptors (Lipinski definition) is 7. The molecule has 0 atom stereocenters. The van der Waals surface area contributed by atoms with E-state index in [4.69, 9.17) is 4.98 Å². The first-order valence-corrected chi connectivity index (χ1v) is 13.1. The molecule has 11 heteroatoms. The van der Waals surface area contributed by atoms with Crippen molar-refractivity contribution in [2.75, 3.05) is 24.6 Å². The van der Waals surface area contributed by atoms with Crippen LogP contribution in [-0.2, 0) is 9.84 Å². The lowest BCUT2D eigenvalue weighted by molar-refractivity contribution is 0.0770. The summed E-state index contributed by atoms with van der Waals surface area (Å²) < 4.78 is 25.2. The number of rotatable bonds is 3. The average molecular weight is 473 g/mol. The van der Waals surface area contributed by atoms with Crippen molar-refractivity contribution in [2.45, 2.75) is 33.6 Å². The molecular formula is C21H24N6O3S2. The van der Waals surface area contributed by atoms with Crippen LogP contribution in [0.25, 0.3) is 27.3 Å². The molecule has 0 spiro atoms. The third-order valence-electron chi connectivity index (χ3n) is 6.18. The lowest BCUT2D eigenvalue weighted by Crippen LogP contribution is -2.43. The van der Waals surface area contributed by atoms with Gasteiger partial charge in [-0.15, -0.1) is 0 Å². The van der Waals surface area contributed by atoms with E-state index < -0.39 is 9.84 Å². The second kappa shape index (κ2) is 7.38. The van der Waals surface area contributed by atoms with Crippen LogP contribution in [0.15, 0.2) is 12.5 Å². The Hall–Kier alpha value is -2.79. The smallest absolute Gasteiger partial charge is 0.282 e. The van der Waals surface area contributed by atoms with Crippen molar-refractivity contribution in [3.05, 3.63) is 34.2 Å². The number of pyridine rings is 1. The maximum absolute atomic E-state index is 13.0. The molecule has 9 nitrogen and oxygen atoms in total. The number of fused-ring (bicyclic) bond motifs is 2. The van der Waals surface area contributed by atoms with E-state index in [1.807, 2.05) is 13.1 Å². The highest BCUT2D eigenvalue weighted by atomic mass is 32.2. The number of aryl methyl sites for hydroxylation is 1. The molecule has 5 rings (SSSR count). The number of aromatic amines is 1. The van der Waals surface area contributed by atoms with Gasteiger partial charge in [0.05, 0.1) is 17.2 Å². The Morgan fingerprint density at radius 2 is 1.91 bits per heavy atom. The Bertz CT molecular complexity index is 1460. The summed E-state index contributed by atoms with van der Waals surface area (Å²) in [4.78, 5) is 28.0. The zero-order chi connectivity index (χ0) is 22.8. The molecule has 0 aromatic carbocycles. The van der Waals surface area contributed by atoms with Gasteiger partial charge in [-0.25, -0.2) is 22.9 Å². The molecule has 1 fully saturated rings. The molecule has 0 aliphatic carbocycles. The molecule has 1 N–H and O–H groups in total. The molecule has 0 bridgehead atoms. The van der Waals surface area contributed by atoms with E-state index >= 15 is 0 Å². The SMILES string of the molecule is Cc1c(-c2[nH]c3sc(C(=O)N4CCS(=O)(=O)CC4)nc3c2C(C)C)cn2ncnc2c1C. The number of sulfone groups is 1. The highest BCUT2D eigenvalue weighted by molar-refractivity contribution is 7.91. The van der Waals surface area contributed by atoms with Gasteiger partial charge in [0.15, 0.2) is 20.5 Å².